The van der Waals surface area contributed by atoms with Crippen molar-refractivity contribution in [3.63, 3.8) is 0 Å². The summed E-state index contributed by atoms with van der Waals surface area (Å²) < 4.78 is 0. The Labute approximate surface area is 98.7 Å². The zero-order valence-corrected chi connectivity index (χ0v) is 10.7. The van der Waals surface area contributed by atoms with Gasteiger partial charge in [0, 0.05) is 17.9 Å². The Hall–Kier alpha value is -1.12. The summed E-state index contributed by atoms with van der Waals surface area (Å²) in [5.74, 6) is 0.773. The predicted octanol–water partition coefficient (Wildman–Crippen LogP) is 3.56. The fourth-order valence-corrected chi connectivity index (χ4v) is 1.79. The zero-order chi connectivity index (χ0) is 11.8. The third kappa shape index (κ3) is 4.60. The number of unbranched alkanes of at least 4 members (excludes halogenated alkanes) is 1. The molecule has 0 aliphatic rings. The Morgan fingerprint density at radius 1 is 1.25 bits per heavy atom. The summed E-state index contributed by atoms with van der Waals surface area (Å²) in [6, 6.07) is 2.44. The number of hydrogen-bond donors (Lipinski definition) is 1. The maximum atomic E-state index is 4.38. The van der Waals surface area contributed by atoms with E-state index in [4.69, 9.17) is 0 Å². The normalized spacial score (nSPS) is 12.4. The second-order valence-corrected chi connectivity index (χ2v) is 4.29. The smallest absolute Gasteiger partial charge is 0.223 e. The van der Waals surface area contributed by atoms with E-state index < -0.39 is 0 Å². The maximum absolute atomic E-state index is 4.38. The van der Waals surface area contributed by atoms with Crippen molar-refractivity contribution in [2.75, 3.05) is 5.32 Å². The lowest BCUT2D eigenvalue weighted by Crippen LogP contribution is -2.20. The molecule has 1 aromatic heterocycles. The molecule has 1 aromatic rings. The third-order valence-electron chi connectivity index (χ3n) is 2.67. The van der Waals surface area contributed by atoms with Crippen LogP contribution in [0, 0.1) is 6.92 Å². The fraction of sp³-hybridized carbons (Fsp3) is 0.692. The summed E-state index contributed by atoms with van der Waals surface area (Å²) in [4.78, 5) is 8.63. The van der Waals surface area contributed by atoms with E-state index >= 15 is 0 Å². The molecule has 1 rings (SSSR count). The third-order valence-corrected chi connectivity index (χ3v) is 2.67. The highest BCUT2D eigenvalue weighted by molar-refractivity contribution is 5.26. The molecular weight excluding hydrogens is 198 g/mol. The van der Waals surface area contributed by atoms with E-state index in [-0.39, 0.29) is 0 Å². The standard InChI is InChI=1S/C13H23N3/c1-4-6-8-12(7-5-2)16-13-14-10-9-11(3)15-13/h9-10,12H,4-8H2,1-3H3,(H,14,15,16). The Bertz CT molecular complexity index is 299. The Kier molecular flexibility index (Phi) is 5.83. The Balaban J connectivity index is 2.52. The Morgan fingerprint density at radius 3 is 2.69 bits per heavy atom. The highest BCUT2D eigenvalue weighted by Crippen LogP contribution is 2.11. The van der Waals surface area contributed by atoms with E-state index in [1.807, 2.05) is 19.2 Å². The van der Waals surface area contributed by atoms with Crippen molar-refractivity contribution in [2.45, 2.75) is 58.9 Å². The van der Waals surface area contributed by atoms with Crippen molar-refractivity contribution < 1.29 is 0 Å². The summed E-state index contributed by atoms with van der Waals surface area (Å²) in [7, 11) is 0. The average Bonchev–Trinajstić information content (AvgIpc) is 2.26. The van der Waals surface area contributed by atoms with Gasteiger partial charge in [0.15, 0.2) is 0 Å². The van der Waals surface area contributed by atoms with E-state index in [0.29, 0.717) is 6.04 Å². The van der Waals surface area contributed by atoms with Gasteiger partial charge in [-0.2, -0.15) is 0 Å². The van der Waals surface area contributed by atoms with Crippen molar-refractivity contribution >= 4 is 5.95 Å². The number of nitrogens with zero attached hydrogens (tertiary/aromatic N) is 2. The molecule has 1 N–H and O–H groups in total. The second-order valence-electron chi connectivity index (χ2n) is 4.29. The monoisotopic (exact) mass is 221 g/mol. The molecule has 0 saturated carbocycles. The molecule has 0 radical (unpaired) electrons. The molecule has 0 fully saturated rings. The van der Waals surface area contributed by atoms with Crippen molar-refractivity contribution in [3.8, 4) is 0 Å². The van der Waals surface area contributed by atoms with Crippen LogP contribution in [0.2, 0.25) is 0 Å². The highest BCUT2D eigenvalue weighted by atomic mass is 15.1. The van der Waals surface area contributed by atoms with Gasteiger partial charge in [0.2, 0.25) is 5.95 Å². The number of hydrogen-bond acceptors (Lipinski definition) is 3. The summed E-state index contributed by atoms with van der Waals surface area (Å²) in [5, 5.41) is 3.43. The lowest BCUT2D eigenvalue weighted by Gasteiger charge is -2.17. The van der Waals surface area contributed by atoms with Gasteiger partial charge in [-0.05, 0) is 25.8 Å². The van der Waals surface area contributed by atoms with Crippen molar-refractivity contribution in [2.24, 2.45) is 0 Å². The lowest BCUT2D eigenvalue weighted by atomic mass is 10.1. The first-order valence-corrected chi connectivity index (χ1v) is 6.32. The Morgan fingerprint density at radius 2 is 2.06 bits per heavy atom. The number of rotatable bonds is 7. The van der Waals surface area contributed by atoms with Crippen LogP contribution in [0.4, 0.5) is 5.95 Å². The molecule has 3 heteroatoms. The first-order chi connectivity index (χ1) is 7.76. The van der Waals surface area contributed by atoms with Gasteiger partial charge in [0.05, 0.1) is 0 Å². The van der Waals surface area contributed by atoms with Crippen molar-refractivity contribution in [1.29, 1.82) is 0 Å². The summed E-state index contributed by atoms with van der Waals surface area (Å²) in [5.41, 5.74) is 1.02. The van der Waals surface area contributed by atoms with Crippen molar-refractivity contribution in [3.05, 3.63) is 18.0 Å². The molecule has 0 saturated heterocycles. The van der Waals surface area contributed by atoms with Gasteiger partial charge in [0.1, 0.15) is 0 Å². The largest absolute Gasteiger partial charge is 0.351 e. The molecule has 0 spiro atoms. The van der Waals surface area contributed by atoms with Crippen LogP contribution in [-0.4, -0.2) is 16.0 Å². The summed E-state index contributed by atoms with van der Waals surface area (Å²) in [6.45, 7) is 6.44. The molecule has 0 bridgehead atoms. The van der Waals surface area contributed by atoms with Gasteiger partial charge >= 0.3 is 0 Å². The van der Waals surface area contributed by atoms with Gasteiger partial charge in [-0.25, -0.2) is 9.97 Å². The summed E-state index contributed by atoms with van der Waals surface area (Å²) in [6.07, 6.45) is 7.93. The molecule has 1 heterocycles. The minimum atomic E-state index is 0.520. The average molecular weight is 221 g/mol. The van der Waals surface area contributed by atoms with Crippen LogP contribution in [0.25, 0.3) is 0 Å². The van der Waals surface area contributed by atoms with Gasteiger partial charge in [-0.1, -0.05) is 33.1 Å². The topological polar surface area (TPSA) is 37.8 Å². The number of anilines is 1. The van der Waals surface area contributed by atoms with E-state index in [0.717, 1.165) is 11.6 Å². The fourth-order valence-electron chi connectivity index (χ4n) is 1.79. The minimum absolute atomic E-state index is 0.520. The number of aryl methyl sites for hydroxylation is 1. The van der Waals surface area contributed by atoms with Gasteiger partial charge in [-0.15, -0.1) is 0 Å². The predicted molar refractivity (Wildman–Crippen MR) is 68.6 cm³/mol. The van der Waals surface area contributed by atoms with Crippen LogP contribution in [0.15, 0.2) is 12.3 Å². The highest BCUT2D eigenvalue weighted by Gasteiger charge is 2.08. The summed E-state index contributed by atoms with van der Waals surface area (Å²) >= 11 is 0. The molecule has 0 aromatic carbocycles. The molecule has 1 atom stereocenters. The van der Waals surface area contributed by atoms with Crippen LogP contribution >= 0.6 is 0 Å². The second kappa shape index (κ2) is 7.20. The number of nitrogens with one attached hydrogen (secondary N) is 1. The van der Waals surface area contributed by atoms with E-state index in [9.17, 15) is 0 Å². The lowest BCUT2D eigenvalue weighted by molar-refractivity contribution is 0.561. The number of aromatic nitrogens is 2. The molecular formula is C13H23N3. The molecule has 0 amide bonds. The van der Waals surface area contributed by atoms with Crippen molar-refractivity contribution in [1.82, 2.24) is 9.97 Å². The van der Waals surface area contributed by atoms with Crippen LogP contribution in [-0.2, 0) is 0 Å². The van der Waals surface area contributed by atoms with Crippen LogP contribution in [0.1, 0.15) is 51.6 Å². The quantitative estimate of drug-likeness (QED) is 0.765. The molecule has 16 heavy (non-hydrogen) atoms. The van der Waals surface area contributed by atoms with Gasteiger partial charge in [0.25, 0.3) is 0 Å². The molecule has 3 nitrogen and oxygen atoms in total. The molecule has 90 valence electrons. The van der Waals surface area contributed by atoms with Gasteiger partial charge < -0.3 is 5.32 Å². The van der Waals surface area contributed by atoms with E-state index in [1.165, 1.54) is 32.1 Å². The molecule has 1 unspecified atom stereocenters. The van der Waals surface area contributed by atoms with Gasteiger partial charge in [-0.3, -0.25) is 0 Å². The molecule has 0 aliphatic heterocycles. The first-order valence-electron chi connectivity index (χ1n) is 6.32. The van der Waals surface area contributed by atoms with Crippen LogP contribution in [0.3, 0.4) is 0 Å². The van der Waals surface area contributed by atoms with E-state index in [2.05, 4.69) is 29.1 Å². The first kappa shape index (κ1) is 12.9. The zero-order valence-electron chi connectivity index (χ0n) is 10.7. The minimum Gasteiger partial charge on any atom is -0.351 e. The molecule has 0 aliphatic carbocycles. The SMILES string of the molecule is CCCCC(CCC)Nc1nccc(C)n1. The maximum Gasteiger partial charge on any atom is 0.223 e. The van der Waals surface area contributed by atoms with Crippen LogP contribution in [0.5, 0.6) is 0 Å². The van der Waals surface area contributed by atoms with E-state index in [1.54, 1.807) is 0 Å². The van der Waals surface area contributed by atoms with Crippen LogP contribution < -0.4 is 5.32 Å².